The highest BCUT2D eigenvalue weighted by Crippen LogP contribution is 2.25. The molecular weight excluding hydrogens is 385 g/mol. The predicted octanol–water partition coefficient (Wildman–Crippen LogP) is 3.52. The summed E-state index contributed by atoms with van der Waals surface area (Å²) in [4.78, 5) is 19.4. The predicted molar refractivity (Wildman–Crippen MR) is 91.6 cm³/mol. The van der Waals surface area contributed by atoms with E-state index in [1.807, 2.05) is 0 Å². The third-order valence-corrected chi connectivity index (χ3v) is 4.92. The molecule has 3 aromatic rings. The van der Waals surface area contributed by atoms with Crippen molar-refractivity contribution in [2.45, 2.75) is 24.0 Å². The van der Waals surface area contributed by atoms with E-state index in [-0.39, 0.29) is 22.4 Å². The molecule has 11 heteroatoms. The van der Waals surface area contributed by atoms with E-state index in [2.05, 4.69) is 15.3 Å². The van der Waals surface area contributed by atoms with Crippen LogP contribution in [0.3, 0.4) is 0 Å². The molecule has 0 aliphatic heterocycles. The van der Waals surface area contributed by atoms with Gasteiger partial charge in [-0.3, -0.25) is 9.19 Å². The van der Waals surface area contributed by atoms with Crippen LogP contribution in [0, 0.1) is 11.8 Å². The number of halogens is 3. The number of nitrogens with zero attached hydrogens (tertiary/aromatic N) is 4. The van der Waals surface area contributed by atoms with Gasteiger partial charge >= 0.3 is 6.18 Å². The number of alkyl halides is 3. The van der Waals surface area contributed by atoms with Crippen molar-refractivity contribution in [1.29, 1.82) is 0 Å². The van der Waals surface area contributed by atoms with Crippen molar-refractivity contribution in [2.75, 3.05) is 6.61 Å². The number of hydrogen-bond donors (Lipinski definition) is 0. The fourth-order valence-corrected chi connectivity index (χ4v) is 3.62. The Morgan fingerprint density at radius 1 is 1.26 bits per heavy atom. The molecule has 1 atom stereocenters. The van der Waals surface area contributed by atoms with Gasteiger partial charge in [0, 0.05) is 11.8 Å². The number of imidazole rings is 1. The maximum absolute atomic E-state index is 12.7. The molecule has 0 saturated heterocycles. The van der Waals surface area contributed by atoms with Crippen LogP contribution in [0.15, 0.2) is 47.0 Å². The summed E-state index contributed by atoms with van der Waals surface area (Å²) in [6.45, 7) is 0.0808. The molecule has 0 fully saturated rings. The lowest BCUT2D eigenvalue weighted by atomic mass is 10.2. The molecule has 7 nitrogen and oxygen atoms in total. The van der Waals surface area contributed by atoms with Crippen molar-refractivity contribution >= 4 is 21.8 Å². The lowest BCUT2D eigenvalue weighted by molar-refractivity contribution is -0.153. The number of para-hydroxylation sites is 2. The Bertz CT molecular complexity index is 1020. The third kappa shape index (κ3) is 4.13. The van der Waals surface area contributed by atoms with Crippen molar-refractivity contribution in [3.63, 3.8) is 0 Å². The minimum atomic E-state index is -4.47. The van der Waals surface area contributed by atoms with Gasteiger partial charge in [-0.05, 0) is 25.1 Å². The van der Waals surface area contributed by atoms with Crippen LogP contribution in [-0.2, 0) is 16.6 Å². The number of fused-ring (bicyclic) bond motifs is 1. The zero-order valence-corrected chi connectivity index (χ0v) is 14.8. The van der Waals surface area contributed by atoms with Gasteiger partial charge in [0.1, 0.15) is 5.75 Å². The Morgan fingerprint density at radius 3 is 2.70 bits per heavy atom. The standard InChI is InChI=1S/C16H13F3N4O3S/c1-10-12(20-7-6-14(10)26-9-16(17,18)19)8-27(25)15-21-11-4-2-3-5-13(11)23(15)22-24/h2-7H,8-9H2,1H3. The van der Waals surface area contributed by atoms with E-state index in [0.29, 0.717) is 16.6 Å². The summed E-state index contributed by atoms with van der Waals surface area (Å²) in [6, 6.07) is 7.96. The lowest BCUT2D eigenvalue weighted by Gasteiger charge is -2.13. The van der Waals surface area contributed by atoms with Crippen LogP contribution in [0.5, 0.6) is 5.75 Å². The summed E-state index contributed by atoms with van der Waals surface area (Å²) >= 11 is 0. The summed E-state index contributed by atoms with van der Waals surface area (Å²) in [7, 11) is -1.80. The Hall–Kier alpha value is -2.82. The molecule has 0 spiro atoms. The molecule has 0 radical (unpaired) electrons. The van der Waals surface area contributed by atoms with E-state index in [1.165, 1.54) is 19.2 Å². The minimum absolute atomic E-state index is 0.00339. The van der Waals surface area contributed by atoms with Crippen LogP contribution < -0.4 is 4.74 Å². The Balaban J connectivity index is 1.88. The molecule has 0 aliphatic carbocycles. The fourth-order valence-electron chi connectivity index (χ4n) is 2.43. The SMILES string of the molecule is Cc1c(OCC(F)(F)F)ccnc1CS(=O)c1nc2ccccc2n1N=O. The summed E-state index contributed by atoms with van der Waals surface area (Å²) in [6.07, 6.45) is -3.20. The van der Waals surface area contributed by atoms with Crippen molar-refractivity contribution in [2.24, 2.45) is 5.29 Å². The highest BCUT2D eigenvalue weighted by Gasteiger charge is 2.29. The van der Waals surface area contributed by atoms with E-state index in [1.54, 1.807) is 24.3 Å². The van der Waals surface area contributed by atoms with Gasteiger partial charge in [0.05, 0.1) is 38.6 Å². The van der Waals surface area contributed by atoms with Crippen LogP contribution in [0.4, 0.5) is 13.2 Å². The molecule has 2 heterocycles. The Labute approximate surface area is 153 Å². The van der Waals surface area contributed by atoms with E-state index in [9.17, 15) is 22.3 Å². The van der Waals surface area contributed by atoms with Crippen molar-refractivity contribution in [3.8, 4) is 5.75 Å². The first-order valence-electron chi connectivity index (χ1n) is 7.63. The molecule has 0 aliphatic rings. The lowest BCUT2D eigenvalue weighted by Crippen LogP contribution is -2.20. The highest BCUT2D eigenvalue weighted by atomic mass is 32.2. The smallest absolute Gasteiger partial charge is 0.422 e. The van der Waals surface area contributed by atoms with Gasteiger partial charge in [-0.15, -0.1) is 4.91 Å². The van der Waals surface area contributed by atoms with Crippen molar-refractivity contribution in [3.05, 3.63) is 52.7 Å². The van der Waals surface area contributed by atoms with Crippen molar-refractivity contribution < 1.29 is 22.1 Å². The first-order valence-corrected chi connectivity index (χ1v) is 8.95. The molecule has 27 heavy (non-hydrogen) atoms. The maximum atomic E-state index is 12.7. The zero-order chi connectivity index (χ0) is 19.6. The summed E-state index contributed by atoms with van der Waals surface area (Å²) in [5.41, 5.74) is 1.46. The number of aromatic nitrogens is 3. The summed E-state index contributed by atoms with van der Waals surface area (Å²) in [5, 5.41) is 2.80. The third-order valence-electron chi connectivity index (χ3n) is 3.71. The Kier molecular flexibility index (Phi) is 5.22. The number of hydrogen-bond acceptors (Lipinski definition) is 6. The van der Waals surface area contributed by atoms with Gasteiger partial charge in [0.15, 0.2) is 6.61 Å². The maximum Gasteiger partial charge on any atom is 0.422 e. The zero-order valence-electron chi connectivity index (χ0n) is 13.9. The highest BCUT2D eigenvalue weighted by molar-refractivity contribution is 7.84. The first-order chi connectivity index (χ1) is 12.8. The molecule has 0 saturated carbocycles. The second-order valence-electron chi connectivity index (χ2n) is 5.55. The molecular formula is C16H13F3N4O3S. The van der Waals surface area contributed by atoms with Gasteiger partial charge in [0.25, 0.3) is 0 Å². The fraction of sp³-hybridized carbons (Fsp3) is 0.250. The average molecular weight is 398 g/mol. The number of ether oxygens (including phenoxy) is 1. The summed E-state index contributed by atoms with van der Waals surface area (Å²) in [5.74, 6) is -0.162. The van der Waals surface area contributed by atoms with E-state index in [4.69, 9.17) is 4.74 Å². The van der Waals surface area contributed by atoms with Crippen LogP contribution in [0.2, 0.25) is 0 Å². The molecule has 1 unspecified atom stereocenters. The number of benzene rings is 1. The molecule has 0 bridgehead atoms. The second-order valence-corrected chi connectivity index (χ2v) is 6.90. The van der Waals surface area contributed by atoms with E-state index in [0.717, 1.165) is 4.68 Å². The normalized spacial score (nSPS) is 12.9. The average Bonchev–Trinajstić information content (AvgIpc) is 3.00. The van der Waals surface area contributed by atoms with Crippen LogP contribution in [-0.4, -0.2) is 31.6 Å². The van der Waals surface area contributed by atoms with E-state index >= 15 is 0 Å². The molecule has 1 aromatic carbocycles. The Morgan fingerprint density at radius 2 is 2.00 bits per heavy atom. The monoisotopic (exact) mass is 398 g/mol. The van der Waals surface area contributed by atoms with Gasteiger partial charge < -0.3 is 4.74 Å². The van der Waals surface area contributed by atoms with E-state index < -0.39 is 23.6 Å². The topological polar surface area (TPSA) is 86.4 Å². The number of pyridine rings is 1. The first kappa shape index (κ1) is 19.0. The van der Waals surface area contributed by atoms with Gasteiger partial charge in [-0.25, -0.2) is 4.98 Å². The second kappa shape index (κ2) is 7.43. The molecule has 142 valence electrons. The largest absolute Gasteiger partial charge is 0.484 e. The molecule has 0 amide bonds. The summed E-state index contributed by atoms with van der Waals surface area (Å²) < 4.78 is 55.5. The van der Waals surface area contributed by atoms with Gasteiger partial charge in [-0.1, -0.05) is 12.1 Å². The van der Waals surface area contributed by atoms with Gasteiger partial charge in [0.2, 0.25) is 5.16 Å². The minimum Gasteiger partial charge on any atom is -0.484 e. The number of rotatable bonds is 6. The van der Waals surface area contributed by atoms with Crippen LogP contribution >= 0.6 is 0 Å². The molecule has 3 rings (SSSR count). The number of nitroso groups, excluding NO2 is 1. The molecule has 0 N–H and O–H groups in total. The van der Waals surface area contributed by atoms with Crippen molar-refractivity contribution in [1.82, 2.24) is 14.6 Å². The van der Waals surface area contributed by atoms with Crippen LogP contribution in [0.1, 0.15) is 11.3 Å². The quantitative estimate of drug-likeness (QED) is 0.593. The molecule has 2 aromatic heterocycles. The van der Waals surface area contributed by atoms with Gasteiger partial charge in [-0.2, -0.15) is 17.8 Å². The van der Waals surface area contributed by atoms with Crippen LogP contribution in [0.25, 0.3) is 11.0 Å².